The molecule has 0 atom stereocenters. The van der Waals surface area contributed by atoms with Crippen molar-refractivity contribution in [3.05, 3.63) is 65.2 Å². The van der Waals surface area contributed by atoms with Gasteiger partial charge in [0.15, 0.2) is 11.5 Å². The van der Waals surface area contributed by atoms with E-state index in [-0.39, 0.29) is 29.9 Å². The highest BCUT2D eigenvalue weighted by molar-refractivity contribution is 6.26. The second-order valence-corrected chi connectivity index (χ2v) is 7.09. The van der Waals surface area contributed by atoms with Crippen molar-refractivity contribution in [1.29, 1.82) is 0 Å². The van der Waals surface area contributed by atoms with Crippen molar-refractivity contribution < 1.29 is 19.8 Å². The number of nitrogens with zero attached hydrogens (tertiary/aromatic N) is 2. The molecule has 6 heteroatoms. The van der Waals surface area contributed by atoms with Gasteiger partial charge in [0.1, 0.15) is 0 Å². The number of aromatic hydroxyl groups is 2. The van der Waals surface area contributed by atoms with Crippen LogP contribution < -0.4 is 4.90 Å². The van der Waals surface area contributed by atoms with Crippen molar-refractivity contribution >= 4 is 28.3 Å². The van der Waals surface area contributed by atoms with Crippen LogP contribution in [0.5, 0.6) is 11.5 Å². The molecule has 0 radical (unpaired) electrons. The van der Waals surface area contributed by atoms with Gasteiger partial charge in [-0.05, 0) is 42.3 Å². The van der Waals surface area contributed by atoms with Gasteiger partial charge in [-0.25, -0.2) is 0 Å². The van der Waals surface area contributed by atoms with Gasteiger partial charge in [-0.1, -0.05) is 18.2 Å². The molecule has 1 aliphatic rings. The average molecular weight is 376 g/mol. The van der Waals surface area contributed by atoms with Gasteiger partial charge >= 0.3 is 0 Å². The molecule has 3 aromatic rings. The summed E-state index contributed by atoms with van der Waals surface area (Å²) in [5.74, 6) is -1.06. The number of phenolic OH excluding ortho intramolecular Hbond substituents is 2. The van der Waals surface area contributed by atoms with Gasteiger partial charge in [0.2, 0.25) is 0 Å². The second-order valence-electron chi connectivity index (χ2n) is 7.09. The lowest BCUT2D eigenvalue weighted by molar-refractivity contribution is 0.0612. The lowest BCUT2D eigenvalue weighted by atomic mass is 9.92. The van der Waals surface area contributed by atoms with Crippen molar-refractivity contribution in [3.8, 4) is 11.5 Å². The minimum atomic E-state index is -0.318. The Morgan fingerprint density at radius 1 is 0.893 bits per heavy atom. The number of hydrogen-bond acceptors (Lipinski definition) is 5. The normalized spacial score (nSPS) is 13.3. The summed E-state index contributed by atoms with van der Waals surface area (Å²) in [4.78, 5) is 29.3. The molecule has 6 nitrogen and oxygen atoms in total. The predicted octanol–water partition coefficient (Wildman–Crippen LogP) is 3.16. The Bertz CT molecular complexity index is 1100. The van der Waals surface area contributed by atoms with Crippen LogP contribution in [0, 0.1) is 0 Å². The molecule has 0 aromatic heterocycles. The van der Waals surface area contributed by atoms with Crippen molar-refractivity contribution in [2.45, 2.75) is 6.42 Å². The van der Waals surface area contributed by atoms with Crippen molar-refractivity contribution in [2.75, 3.05) is 25.5 Å². The molecule has 2 N–H and O–H groups in total. The summed E-state index contributed by atoms with van der Waals surface area (Å²) in [6.45, 7) is 0.188. The summed E-state index contributed by atoms with van der Waals surface area (Å²) in [6.07, 6.45) is 0.381. The lowest BCUT2D eigenvalue weighted by Crippen LogP contribution is -2.41. The summed E-state index contributed by atoms with van der Waals surface area (Å²) in [6, 6.07) is 13.7. The van der Waals surface area contributed by atoms with Gasteiger partial charge in [0.25, 0.3) is 11.8 Å². The molecule has 142 valence electrons. The van der Waals surface area contributed by atoms with E-state index >= 15 is 0 Å². The minimum absolute atomic E-state index is 0.188. The molecule has 28 heavy (non-hydrogen) atoms. The molecule has 0 unspecified atom stereocenters. The lowest BCUT2D eigenvalue weighted by Gasteiger charge is -2.28. The highest BCUT2D eigenvalue weighted by Crippen LogP contribution is 2.35. The summed E-state index contributed by atoms with van der Waals surface area (Å²) >= 11 is 0. The SMILES string of the molecule is CN(C)c1ccc2c3c(cccc13)C(=O)N(CCc1ccc(O)c(O)c1)C2=O. The molecule has 0 saturated heterocycles. The highest BCUT2D eigenvalue weighted by atomic mass is 16.3. The standard InChI is InChI=1S/C22H20N2O4/c1-23(2)17-8-7-16-20-14(17)4-3-5-15(20)21(27)24(22(16)28)11-10-13-6-9-18(25)19(26)12-13/h3-9,12,25-26H,10-11H2,1-2H3. The van der Waals surface area contributed by atoms with Gasteiger partial charge in [-0.3, -0.25) is 14.5 Å². The summed E-state index contributed by atoms with van der Waals surface area (Å²) in [7, 11) is 3.85. The maximum absolute atomic E-state index is 13.0. The van der Waals surface area contributed by atoms with Crippen molar-refractivity contribution in [2.24, 2.45) is 0 Å². The number of amides is 2. The Labute approximate surface area is 162 Å². The van der Waals surface area contributed by atoms with E-state index in [9.17, 15) is 19.8 Å². The van der Waals surface area contributed by atoms with Gasteiger partial charge in [0, 0.05) is 48.2 Å². The van der Waals surface area contributed by atoms with Crippen LogP contribution in [0.4, 0.5) is 5.69 Å². The van der Waals surface area contributed by atoms with E-state index in [4.69, 9.17) is 0 Å². The number of imide groups is 1. The molecule has 0 saturated carbocycles. The molecule has 0 fully saturated rings. The first kappa shape index (κ1) is 17.9. The van der Waals surface area contributed by atoms with E-state index in [0.29, 0.717) is 22.9 Å². The summed E-state index contributed by atoms with van der Waals surface area (Å²) < 4.78 is 0. The van der Waals surface area contributed by atoms with Gasteiger partial charge < -0.3 is 15.1 Å². The Hall–Kier alpha value is -3.54. The molecule has 0 aliphatic carbocycles. The molecule has 4 rings (SSSR count). The second kappa shape index (κ2) is 6.56. The Kier molecular flexibility index (Phi) is 4.19. The molecule has 0 bridgehead atoms. The number of phenols is 2. The molecule has 2 amide bonds. The number of carbonyl (C=O) groups excluding carboxylic acids is 2. The number of hydrogen-bond donors (Lipinski definition) is 2. The molecule has 1 aliphatic heterocycles. The zero-order valence-corrected chi connectivity index (χ0v) is 15.6. The van der Waals surface area contributed by atoms with E-state index in [1.165, 1.54) is 17.0 Å². The Balaban J connectivity index is 1.71. The van der Waals surface area contributed by atoms with Crippen LogP contribution in [-0.2, 0) is 6.42 Å². The first-order chi connectivity index (χ1) is 13.4. The average Bonchev–Trinajstić information content (AvgIpc) is 2.68. The van der Waals surface area contributed by atoms with Crippen molar-refractivity contribution in [1.82, 2.24) is 4.90 Å². The van der Waals surface area contributed by atoms with Gasteiger partial charge in [-0.15, -0.1) is 0 Å². The number of anilines is 1. The van der Waals surface area contributed by atoms with Gasteiger partial charge in [0.05, 0.1) is 0 Å². The summed E-state index contributed by atoms with van der Waals surface area (Å²) in [5, 5.41) is 20.6. The van der Waals surface area contributed by atoms with Crippen LogP contribution in [0.1, 0.15) is 26.3 Å². The van der Waals surface area contributed by atoms with E-state index in [1.54, 1.807) is 18.2 Å². The topological polar surface area (TPSA) is 81.1 Å². The largest absolute Gasteiger partial charge is 0.504 e. The van der Waals surface area contributed by atoms with Crippen LogP contribution in [-0.4, -0.2) is 47.6 Å². The van der Waals surface area contributed by atoms with E-state index in [0.717, 1.165) is 16.6 Å². The Morgan fingerprint density at radius 3 is 2.29 bits per heavy atom. The van der Waals surface area contributed by atoms with Crippen LogP contribution in [0.25, 0.3) is 10.8 Å². The quantitative estimate of drug-likeness (QED) is 0.540. The van der Waals surface area contributed by atoms with E-state index in [2.05, 4.69) is 0 Å². The van der Waals surface area contributed by atoms with Crippen molar-refractivity contribution in [3.63, 3.8) is 0 Å². The smallest absolute Gasteiger partial charge is 0.261 e. The van der Waals surface area contributed by atoms with Crippen LogP contribution in [0.15, 0.2) is 48.5 Å². The number of benzene rings is 3. The highest BCUT2D eigenvalue weighted by Gasteiger charge is 2.33. The number of carbonyl (C=O) groups is 2. The van der Waals surface area contributed by atoms with Crippen LogP contribution in [0.3, 0.4) is 0 Å². The first-order valence-corrected chi connectivity index (χ1v) is 8.98. The minimum Gasteiger partial charge on any atom is -0.504 e. The fourth-order valence-electron chi connectivity index (χ4n) is 3.69. The number of rotatable bonds is 4. The third-order valence-corrected chi connectivity index (χ3v) is 5.11. The fourth-order valence-corrected chi connectivity index (χ4v) is 3.69. The summed E-state index contributed by atoms with van der Waals surface area (Å²) in [5.41, 5.74) is 2.71. The predicted molar refractivity (Wildman–Crippen MR) is 107 cm³/mol. The Morgan fingerprint density at radius 2 is 1.61 bits per heavy atom. The van der Waals surface area contributed by atoms with Crippen LogP contribution in [0.2, 0.25) is 0 Å². The van der Waals surface area contributed by atoms with E-state index in [1.807, 2.05) is 37.2 Å². The molecule has 3 aromatic carbocycles. The maximum atomic E-state index is 13.0. The third kappa shape index (κ3) is 2.74. The molecule has 1 heterocycles. The molecular formula is C22H20N2O4. The van der Waals surface area contributed by atoms with Crippen LogP contribution >= 0.6 is 0 Å². The third-order valence-electron chi connectivity index (χ3n) is 5.11. The molecule has 0 spiro atoms. The maximum Gasteiger partial charge on any atom is 0.261 e. The first-order valence-electron chi connectivity index (χ1n) is 8.98. The monoisotopic (exact) mass is 376 g/mol. The zero-order chi connectivity index (χ0) is 20.0. The zero-order valence-electron chi connectivity index (χ0n) is 15.6. The molecular weight excluding hydrogens is 356 g/mol. The van der Waals surface area contributed by atoms with Gasteiger partial charge in [-0.2, -0.15) is 0 Å². The van der Waals surface area contributed by atoms with E-state index < -0.39 is 0 Å². The fraction of sp³-hybridized carbons (Fsp3) is 0.182.